The number of rotatable bonds is 8. The number of benzene rings is 9. The molecule has 0 fully saturated rings. The minimum Gasteiger partial charge on any atom is -0.310 e. The molecule has 1 aromatic heterocycles. The second-order valence-electron chi connectivity index (χ2n) is 18.8. The van der Waals surface area contributed by atoms with E-state index in [1.807, 2.05) is 18.2 Å². The number of halogens is 1. The Labute approximate surface area is 381 Å². The Morgan fingerprint density at radius 2 is 0.969 bits per heavy atom. The van der Waals surface area contributed by atoms with E-state index in [1.165, 1.54) is 56.2 Å². The fraction of sp³-hybridized carbons (Fsp3) is 0.115. The molecule has 0 amide bonds. The lowest BCUT2D eigenvalue weighted by Crippen LogP contribution is -2.17. The highest BCUT2D eigenvalue weighted by Crippen LogP contribution is 2.51. The fourth-order valence-corrected chi connectivity index (χ4v) is 10.0. The summed E-state index contributed by atoms with van der Waals surface area (Å²) in [5.41, 5.74) is 17.9. The van der Waals surface area contributed by atoms with Crippen molar-refractivity contribution < 1.29 is 4.39 Å². The van der Waals surface area contributed by atoms with Gasteiger partial charge in [-0.25, -0.2) is 4.39 Å². The second-order valence-corrected chi connectivity index (χ2v) is 18.8. The second kappa shape index (κ2) is 15.5. The number of hydrogen-bond donors (Lipinski definition) is 0. The zero-order valence-electron chi connectivity index (χ0n) is 37.4. The lowest BCUT2D eigenvalue weighted by molar-refractivity contribution is 0.590. The topological polar surface area (TPSA) is 11.4 Å². The van der Waals surface area contributed by atoms with E-state index in [9.17, 15) is 4.39 Å². The normalized spacial score (nSPS) is 12.9. The summed E-state index contributed by atoms with van der Waals surface area (Å²) < 4.78 is 17.0. The Hall–Kier alpha value is -7.69. The van der Waals surface area contributed by atoms with Gasteiger partial charge in [0.25, 0.3) is 0 Å². The van der Waals surface area contributed by atoms with Crippen molar-refractivity contribution in [2.45, 2.75) is 45.4 Å². The Morgan fingerprint density at radius 3 is 1.65 bits per heavy atom. The van der Waals surface area contributed by atoms with Crippen molar-refractivity contribution >= 4 is 55.9 Å². The van der Waals surface area contributed by atoms with Gasteiger partial charge in [-0.05, 0) is 154 Å². The molecule has 0 N–H and O–H groups in total. The van der Waals surface area contributed by atoms with Crippen molar-refractivity contribution in [1.82, 2.24) is 4.57 Å². The first-order valence-corrected chi connectivity index (χ1v) is 22.5. The number of aromatic nitrogens is 1. The van der Waals surface area contributed by atoms with Crippen LogP contribution in [0.1, 0.15) is 51.3 Å². The van der Waals surface area contributed by atoms with Gasteiger partial charge in [0.2, 0.25) is 0 Å². The van der Waals surface area contributed by atoms with E-state index in [0.29, 0.717) is 0 Å². The third kappa shape index (κ3) is 6.98. The van der Waals surface area contributed by atoms with Crippen molar-refractivity contribution in [2.75, 3.05) is 9.80 Å². The molecular formula is C61H50FN3. The predicted molar refractivity (Wildman–Crippen MR) is 272 cm³/mol. The first-order chi connectivity index (χ1) is 31.5. The molecule has 4 heteroatoms. The van der Waals surface area contributed by atoms with E-state index in [0.717, 1.165) is 56.5 Å². The molecule has 0 spiro atoms. The van der Waals surface area contributed by atoms with Gasteiger partial charge >= 0.3 is 0 Å². The summed E-state index contributed by atoms with van der Waals surface area (Å²) in [6.07, 6.45) is 0. The van der Waals surface area contributed by atoms with Crippen LogP contribution >= 0.6 is 0 Å². The maximum atomic E-state index is 14.6. The van der Waals surface area contributed by atoms with Crippen LogP contribution in [0.3, 0.4) is 0 Å². The Bertz CT molecular complexity index is 3380. The highest BCUT2D eigenvalue weighted by molar-refractivity contribution is 6.10. The third-order valence-electron chi connectivity index (χ3n) is 13.4. The number of hydrogen-bond acceptors (Lipinski definition) is 2. The van der Waals surface area contributed by atoms with Gasteiger partial charge in [0.15, 0.2) is 0 Å². The van der Waals surface area contributed by atoms with Crippen molar-refractivity contribution in [1.29, 1.82) is 0 Å². The summed E-state index contributed by atoms with van der Waals surface area (Å²) in [5, 5.41) is 2.38. The minimum atomic E-state index is -0.272. The molecule has 1 aliphatic rings. The molecule has 3 nitrogen and oxygen atoms in total. The van der Waals surface area contributed by atoms with Gasteiger partial charge in [0, 0.05) is 56.0 Å². The molecule has 316 valence electrons. The molecule has 0 bridgehead atoms. The summed E-state index contributed by atoms with van der Waals surface area (Å²) in [6.45, 7) is 11.4. The van der Waals surface area contributed by atoms with E-state index in [1.54, 1.807) is 0 Å². The molecule has 0 aliphatic heterocycles. The average molecular weight is 844 g/mol. The summed E-state index contributed by atoms with van der Waals surface area (Å²) >= 11 is 0. The maximum Gasteiger partial charge on any atom is 0.123 e. The molecule has 0 unspecified atom stereocenters. The van der Waals surface area contributed by atoms with E-state index in [4.69, 9.17) is 0 Å². The van der Waals surface area contributed by atoms with E-state index in [-0.39, 0.29) is 16.6 Å². The van der Waals surface area contributed by atoms with Gasteiger partial charge in [-0.3, -0.25) is 0 Å². The van der Waals surface area contributed by atoms with Crippen molar-refractivity contribution in [3.63, 3.8) is 0 Å². The van der Waals surface area contributed by atoms with Gasteiger partial charge in [-0.15, -0.1) is 0 Å². The van der Waals surface area contributed by atoms with Crippen LogP contribution in [0, 0.1) is 5.82 Å². The molecule has 10 aromatic rings. The Morgan fingerprint density at radius 1 is 0.415 bits per heavy atom. The van der Waals surface area contributed by atoms with Gasteiger partial charge < -0.3 is 14.4 Å². The average Bonchev–Trinajstić information content (AvgIpc) is 3.78. The van der Waals surface area contributed by atoms with Crippen molar-refractivity contribution in [3.8, 4) is 27.9 Å². The molecule has 0 radical (unpaired) electrons. The number of nitrogens with zero attached hydrogens (tertiary/aromatic N) is 3. The summed E-state index contributed by atoms with van der Waals surface area (Å²) in [7, 11) is 0. The lowest BCUT2D eigenvalue weighted by Gasteiger charge is -2.31. The summed E-state index contributed by atoms with van der Waals surface area (Å²) in [6, 6.07) is 75.1. The molecule has 11 rings (SSSR count). The fourth-order valence-electron chi connectivity index (χ4n) is 10.0. The largest absolute Gasteiger partial charge is 0.310 e. The van der Waals surface area contributed by atoms with Crippen LogP contribution < -0.4 is 9.80 Å². The standard InChI is InChI=1S/C61H50FN3/c1-60(2,3)43-25-29-48(30-26-43)65-58-23-15-13-21-54(58)55-38-41(24-35-59(55)65)42-36-50(63(45-16-8-6-9-17-45)47-31-27-44(62)28-32-47)39-51(37-42)64(46-18-10-7-11-19-46)49-33-34-53-52-20-12-14-22-56(52)61(4,5)57(53)40-49/h6-40H,1-5H3. The van der Waals surface area contributed by atoms with Gasteiger partial charge in [0.1, 0.15) is 5.82 Å². The van der Waals surface area contributed by atoms with Gasteiger partial charge in [-0.2, -0.15) is 0 Å². The number of anilines is 6. The summed E-state index contributed by atoms with van der Waals surface area (Å²) in [4.78, 5) is 4.61. The van der Waals surface area contributed by atoms with Crippen LogP contribution in [0.2, 0.25) is 0 Å². The Balaban J connectivity index is 1.15. The number of fused-ring (bicyclic) bond motifs is 6. The van der Waals surface area contributed by atoms with E-state index < -0.39 is 0 Å². The van der Waals surface area contributed by atoms with Crippen LogP contribution in [0.25, 0.3) is 49.7 Å². The van der Waals surface area contributed by atoms with Crippen molar-refractivity contribution in [3.05, 3.63) is 235 Å². The predicted octanol–water partition coefficient (Wildman–Crippen LogP) is 17.1. The SMILES string of the molecule is CC(C)(C)c1ccc(-n2c3ccccc3c3cc(-c4cc(N(c5ccccc5)c5ccc(F)cc5)cc(N(c5ccccc5)c5ccc6c(c5)C(C)(C)c5ccccc5-6)c4)ccc32)cc1. The van der Waals surface area contributed by atoms with Crippen LogP contribution in [0.15, 0.2) is 212 Å². The van der Waals surface area contributed by atoms with E-state index in [2.05, 4.69) is 231 Å². The molecule has 0 atom stereocenters. The van der Waals surface area contributed by atoms with Crippen LogP contribution in [-0.2, 0) is 10.8 Å². The molecule has 0 saturated carbocycles. The third-order valence-corrected chi connectivity index (χ3v) is 13.4. The molecule has 1 aliphatic carbocycles. The summed E-state index contributed by atoms with van der Waals surface area (Å²) in [5.74, 6) is -0.272. The van der Waals surface area contributed by atoms with Gasteiger partial charge in [-0.1, -0.05) is 138 Å². The van der Waals surface area contributed by atoms with Gasteiger partial charge in [0.05, 0.1) is 11.0 Å². The first kappa shape index (κ1) is 40.1. The monoisotopic (exact) mass is 843 g/mol. The Kier molecular flexibility index (Phi) is 9.58. The minimum absolute atomic E-state index is 0.0630. The van der Waals surface area contributed by atoms with Crippen LogP contribution in [-0.4, -0.2) is 4.57 Å². The van der Waals surface area contributed by atoms with Crippen molar-refractivity contribution in [2.24, 2.45) is 0 Å². The first-order valence-electron chi connectivity index (χ1n) is 22.5. The highest BCUT2D eigenvalue weighted by Gasteiger charge is 2.36. The lowest BCUT2D eigenvalue weighted by atomic mass is 9.82. The highest BCUT2D eigenvalue weighted by atomic mass is 19.1. The van der Waals surface area contributed by atoms with Crippen LogP contribution in [0.5, 0.6) is 0 Å². The molecule has 0 saturated heterocycles. The number of para-hydroxylation sites is 3. The zero-order chi connectivity index (χ0) is 44.5. The maximum absolute atomic E-state index is 14.6. The quantitative estimate of drug-likeness (QED) is 0.151. The van der Waals surface area contributed by atoms with E-state index >= 15 is 0 Å². The molecular weight excluding hydrogens is 794 g/mol. The zero-order valence-corrected chi connectivity index (χ0v) is 37.4. The smallest absolute Gasteiger partial charge is 0.123 e. The molecule has 65 heavy (non-hydrogen) atoms. The molecule has 9 aromatic carbocycles. The van der Waals surface area contributed by atoms with Crippen LogP contribution in [0.4, 0.5) is 38.5 Å². The molecule has 1 heterocycles.